The first-order chi connectivity index (χ1) is 6.19. The summed E-state index contributed by atoms with van der Waals surface area (Å²) in [5.41, 5.74) is 5.79. The predicted molar refractivity (Wildman–Crippen MR) is 47.9 cm³/mol. The van der Waals surface area contributed by atoms with Crippen molar-refractivity contribution in [2.24, 2.45) is 11.1 Å². The molecule has 0 bridgehead atoms. The SMILES string of the molecule is CCC1(C)CC1c1nc(CN)no1. The molecular weight excluding hydrogens is 166 g/mol. The minimum absolute atomic E-state index is 0.360. The Morgan fingerprint density at radius 2 is 2.46 bits per heavy atom. The number of rotatable bonds is 3. The van der Waals surface area contributed by atoms with Crippen molar-refractivity contribution in [2.75, 3.05) is 0 Å². The molecule has 2 rings (SSSR count). The van der Waals surface area contributed by atoms with Gasteiger partial charge in [-0.15, -0.1) is 0 Å². The van der Waals surface area contributed by atoms with Crippen LogP contribution < -0.4 is 5.73 Å². The maximum Gasteiger partial charge on any atom is 0.230 e. The number of aromatic nitrogens is 2. The molecule has 0 aromatic carbocycles. The van der Waals surface area contributed by atoms with Crippen molar-refractivity contribution in [3.8, 4) is 0 Å². The second-order valence-corrected chi connectivity index (χ2v) is 4.02. The summed E-state index contributed by atoms with van der Waals surface area (Å²) in [6, 6.07) is 0. The molecule has 0 spiro atoms. The second kappa shape index (κ2) is 2.80. The predicted octanol–water partition coefficient (Wildman–Crippen LogP) is 1.43. The van der Waals surface area contributed by atoms with Gasteiger partial charge in [-0.05, 0) is 18.3 Å². The molecule has 1 aromatic heterocycles. The highest BCUT2D eigenvalue weighted by molar-refractivity contribution is 5.14. The molecule has 1 aliphatic rings. The minimum Gasteiger partial charge on any atom is -0.339 e. The number of hydrogen-bond donors (Lipinski definition) is 1. The molecule has 2 atom stereocenters. The van der Waals surface area contributed by atoms with Crippen molar-refractivity contribution >= 4 is 0 Å². The van der Waals surface area contributed by atoms with Gasteiger partial charge in [0.25, 0.3) is 0 Å². The Labute approximate surface area is 77.5 Å². The third-order valence-electron chi connectivity index (χ3n) is 3.12. The standard InChI is InChI=1S/C9H15N3O/c1-3-9(2)4-6(9)8-11-7(5-10)12-13-8/h6H,3-5,10H2,1-2H3. The summed E-state index contributed by atoms with van der Waals surface area (Å²) in [5, 5.41) is 3.78. The van der Waals surface area contributed by atoms with Crippen LogP contribution in [-0.2, 0) is 6.54 Å². The Hall–Kier alpha value is -0.900. The van der Waals surface area contributed by atoms with Gasteiger partial charge < -0.3 is 10.3 Å². The van der Waals surface area contributed by atoms with E-state index >= 15 is 0 Å². The second-order valence-electron chi connectivity index (χ2n) is 4.02. The summed E-state index contributed by atoms with van der Waals surface area (Å²) in [6.07, 6.45) is 2.33. The van der Waals surface area contributed by atoms with E-state index in [2.05, 4.69) is 24.0 Å². The van der Waals surface area contributed by atoms with E-state index in [0.717, 1.165) is 18.7 Å². The van der Waals surface area contributed by atoms with E-state index in [4.69, 9.17) is 10.3 Å². The van der Waals surface area contributed by atoms with Gasteiger partial charge in [0.15, 0.2) is 5.82 Å². The van der Waals surface area contributed by atoms with E-state index in [1.807, 2.05) is 0 Å². The van der Waals surface area contributed by atoms with Crippen molar-refractivity contribution in [1.29, 1.82) is 0 Å². The summed E-state index contributed by atoms with van der Waals surface area (Å²) in [4.78, 5) is 4.23. The van der Waals surface area contributed by atoms with Gasteiger partial charge in [0.1, 0.15) is 0 Å². The molecular formula is C9H15N3O. The highest BCUT2D eigenvalue weighted by atomic mass is 16.5. The average Bonchev–Trinajstić information content (AvgIpc) is 2.65. The lowest BCUT2D eigenvalue weighted by Gasteiger charge is -2.02. The van der Waals surface area contributed by atoms with E-state index in [1.165, 1.54) is 0 Å². The van der Waals surface area contributed by atoms with Crippen molar-refractivity contribution < 1.29 is 4.52 Å². The van der Waals surface area contributed by atoms with E-state index in [1.54, 1.807) is 0 Å². The Morgan fingerprint density at radius 1 is 1.69 bits per heavy atom. The van der Waals surface area contributed by atoms with Gasteiger partial charge in [-0.25, -0.2) is 0 Å². The van der Waals surface area contributed by atoms with Crippen LogP contribution in [0.3, 0.4) is 0 Å². The smallest absolute Gasteiger partial charge is 0.230 e. The van der Waals surface area contributed by atoms with Crippen molar-refractivity contribution in [3.05, 3.63) is 11.7 Å². The van der Waals surface area contributed by atoms with Crippen molar-refractivity contribution in [2.45, 2.75) is 39.2 Å². The van der Waals surface area contributed by atoms with Crippen LogP contribution in [0.15, 0.2) is 4.52 Å². The van der Waals surface area contributed by atoms with E-state index in [0.29, 0.717) is 23.7 Å². The van der Waals surface area contributed by atoms with Crippen LogP contribution in [0.1, 0.15) is 44.3 Å². The molecule has 0 aliphatic heterocycles. The largest absolute Gasteiger partial charge is 0.339 e. The molecule has 1 fully saturated rings. The zero-order valence-corrected chi connectivity index (χ0v) is 8.08. The number of nitrogens with zero attached hydrogens (tertiary/aromatic N) is 2. The van der Waals surface area contributed by atoms with Crippen LogP contribution in [0.4, 0.5) is 0 Å². The van der Waals surface area contributed by atoms with Gasteiger partial charge in [-0.2, -0.15) is 4.98 Å². The molecule has 4 heteroatoms. The number of nitrogens with two attached hydrogens (primary N) is 1. The maximum absolute atomic E-state index is 5.40. The zero-order chi connectivity index (χ0) is 9.47. The molecule has 4 nitrogen and oxygen atoms in total. The normalized spacial score (nSPS) is 32.1. The Kier molecular flexibility index (Phi) is 1.87. The fourth-order valence-corrected chi connectivity index (χ4v) is 1.68. The molecule has 13 heavy (non-hydrogen) atoms. The van der Waals surface area contributed by atoms with Crippen LogP contribution in [0.25, 0.3) is 0 Å². The van der Waals surface area contributed by atoms with E-state index in [-0.39, 0.29) is 0 Å². The fraction of sp³-hybridized carbons (Fsp3) is 0.778. The van der Waals surface area contributed by atoms with Crippen LogP contribution in [0.5, 0.6) is 0 Å². The summed E-state index contributed by atoms with van der Waals surface area (Å²) >= 11 is 0. The van der Waals surface area contributed by atoms with Gasteiger partial charge in [-0.1, -0.05) is 19.0 Å². The highest BCUT2D eigenvalue weighted by Gasteiger charge is 2.52. The Morgan fingerprint density at radius 3 is 2.92 bits per heavy atom. The van der Waals surface area contributed by atoms with Crippen LogP contribution >= 0.6 is 0 Å². The van der Waals surface area contributed by atoms with Crippen LogP contribution in [-0.4, -0.2) is 10.1 Å². The lowest BCUT2D eigenvalue weighted by Crippen LogP contribution is -1.99. The molecule has 1 saturated carbocycles. The monoisotopic (exact) mass is 181 g/mol. The average molecular weight is 181 g/mol. The van der Waals surface area contributed by atoms with Crippen LogP contribution in [0, 0.1) is 5.41 Å². The first-order valence-electron chi connectivity index (χ1n) is 4.72. The lowest BCUT2D eigenvalue weighted by molar-refractivity contribution is 0.358. The molecule has 0 radical (unpaired) electrons. The molecule has 2 N–H and O–H groups in total. The summed E-state index contributed by atoms with van der Waals surface area (Å²) in [6.45, 7) is 4.81. The molecule has 1 heterocycles. The number of hydrogen-bond acceptors (Lipinski definition) is 4. The van der Waals surface area contributed by atoms with E-state index < -0.39 is 0 Å². The molecule has 72 valence electrons. The minimum atomic E-state index is 0.360. The van der Waals surface area contributed by atoms with Crippen LogP contribution in [0.2, 0.25) is 0 Å². The summed E-state index contributed by atoms with van der Waals surface area (Å²) in [7, 11) is 0. The molecule has 1 aliphatic carbocycles. The molecule has 1 aromatic rings. The van der Waals surface area contributed by atoms with Gasteiger partial charge in [0.05, 0.1) is 6.54 Å². The fourth-order valence-electron chi connectivity index (χ4n) is 1.68. The maximum atomic E-state index is 5.40. The first kappa shape index (κ1) is 8.69. The molecule has 0 saturated heterocycles. The molecule has 0 amide bonds. The van der Waals surface area contributed by atoms with Crippen molar-refractivity contribution in [3.63, 3.8) is 0 Å². The summed E-state index contributed by atoms with van der Waals surface area (Å²) < 4.78 is 5.14. The first-order valence-corrected chi connectivity index (χ1v) is 4.72. The third kappa shape index (κ3) is 1.35. The zero-order valence-electron chi connectivity index (χ0n) is 8.08. The van der Waals surface area contributed by atoms with Crippen molar-refractivity contribution in [1.82, 2.24) is 10.1 Å². The molecule has 2 unspecified atom stereocenters. The van der Waals surface area contributed by atoms with Gasteiger partial charge in [0.2, 0.25) is 5.89 Å². The highest BCUT2D eigenvalue weighted by Crippen LogP contribution is 2.60. The van der Waals surface area contributed by atoms with Gasteiger partial charge >= 0.3 is 0 Å². The Bertz CT molecular complexity index is 310. The lowest BCUT2D eigenvalue weighted by atomic mass is 10.0. The van der Waals surface area contributed by atoms with Gasteiger partial charge in [0, 0.05) is 5.92 Å². The van der Waals surface area contributed by atoms with Gasteiger partial charge in [-0.3, -0.25) is 0 Å². The third-order valence-corrected chi connectivity index (χ3v) is 3.12. The topological polar surface area (TPSA) is 64.9 Å². The summed E-state index contributed by atoms with van der Waals surface area (Å²) in [5.74, 6) is 1.84. The Balaban J connectivity index is 2.11. The quantitative estimate of drug-likeness (QED) is 0.766. The van der Waals surface area contributed by atoms with E-state index in [9.17, 15) is 0 Å².